The van der Waals surface area contributed by atoms with Crippen molar-refractivity contribution in [1.82, 2.24) is 10.2 Å². The lowest BCUT2D eigenvalue weighted by Gasteiger charge is -2.24. The Bertz CT molecular complexity index is 344. The summed E-state index contributed by atoms with van der Waals surface area (Å²) >= 11 is 1.89. The second-order valence-electron chi connectivity index (χ2n) is 5.25. The molecule has 2 rings (SSSR count). The van der Waals surface area contributed by atoms with Crippen LogP contribution < -0.4 is 5.32 Å². The van der Waals surface area contributed by atoms with Gasteiger partial charge in [-0.1, -0.05) is 0 Å². The third kappa shape index (κ3) is 4.09. The fourth-order valence-corrected chi connectivity index (χ4v) is 3.05. The minimum absolute atomic E-state index is 0.765. The van der Waals surface area contributed by atoms with Crippen LogP contribution in [0.5, 0.6) is 0 Å². The van der Waals surface area contributed by atoms with E-state index in [0.717, 1.165) is 31.6 Å². The van der Waals surface area contributed by atoms with Crippen molar-refractivity contribution < 1.29 is 0 Å². The van der Waals surface area contributed by atoms with E-state index in [2.05, 4.69) is 43.2 Å². The van der Waals surface area contributed by atoms with Crippen LogP contribution in [-0.4, -0.2) is 31.1 Å². The zero-order chi connectivity index (χ0) is 12.3. The summed E-state index contributed by atoms with van der Waals surface area (Å²) in [7, 11) is 2.25. The van der Waals surface area contributed by atoms with Gasteiger partial charge in [0.05, 0.1) is 0 Å². The Kier molecular flexibility index (Phi) is 4.60. The maximum Gasteiger partial charge on any atom is 0.0300 e. The molecular formula is C14H24N2S. The quantitative estimate of drug-likeness (QED) is 0.751. The molecular weight excluding hydrogens is 228 g/mol. The number of nitrogens with zero attached hydrogens (tertiary/aromatic N) is 1. The van der Waals surface area contributed by atoms with Gasteiger partial charge in [0.25, 0.3) is 0 Å². The van der Waals surface area contributed by atoms with Gasteiger partial charge < -0.3 is 10.2 Å². The Morgan fingerprint density at radius 1 is 1.47 bits per heavy atom. The summed E-state index contributed by atoms with van der Waals surface area (Å²) in [6, 6.07) is 5.19. The second-order valence-corrected chi connectivity index (χ2v) is 6.62. The highest BCUT2D eigenvalue weighted by Crippen LogP contribution is 2.34. The van der Waals surface area contributed by atoms with Crippen molar-refractivity contribution in [1.29, 1.82) is 0 Å². The van der Waals surface area contributed by atoms with E-state index in [1.54, 1.807) is 0 Å². The first-order chi connectivity index (χ1) is 8.16. The lowest BCUT2D eigenvalue weighted by atomic mass is 10.2. The molecule has 0 bridgehead atoms. The maximum absolute atomic E-state index is 3.53. The number of rotatable bonds is 7. The monoisotopic (exact) mass is 252 g/mol. The van der Waals surface area contributed by atoms with Gasteiger partial charge in [-0.3, -0.25) is 0 Å². The van der Waals surface area contributed by atoms with Gasteiger partial charge in [-0.15, -0.1) is 11.3 Å². The maximum atomic E-state index is 3.53. The molecule has 1 aliphatic carbocycles. The first-order valence-corrected chi connectivity index (χ1v) is 7.44. The molecule has 1 aromatic rings. The highest BCUT2D eigenvalue weighted by molar-refractivity contribution is 7.11. The predicted octanol–water partition coefficient (Wildman–Crippen LogP) is 2.88. The van der Waals surface area contributed by atoms with Crippen LogP contribution >= 0.6 is 11.3 Å². The largest absolute Gasteiger partial charge is 0.311 e. The van der Waals surface area contributed by atoms with Crippen LogP contribution in [0.2, 0.25) is 0 Å². The Balaban J connectivity index is 1.59. The Morgan fingerprint density at radius 2 is 2.24 bits per heavy atom. The van der Waals surface area contributed by atoms with Crippen LogP contribution in [0.3, 0.4) is 0 Å². The predicted molar refractivity (Wildman–Crippen MR) is 75.6 cm³/mol. The summed E-state index contributed by atoms with van der Waals surface area (Å²) in [5.41, 5.74) is 0. The average molecular weight is 252 g/mol. The summed E-state index contributed by atoms with van der Waals surface area (Å²) < 4.78 is 0. The van der Waals surface area contributed by atoms with Crippen molar-refractivity contribution in [2.24, 2.45) is 5.92 Å². The van der Waals surface area contributed by atoms with Crippen molar-refractivity contribution in [3.8, 4) is 0 Å². The highest BCUT2D eigenvalue weighted by atomic mass is 32.1. The summed E-state index contributed by atoms with van der Waals surface area (Å²) in [5, 5.41) is 3.53. The standard InChI is InChI=1S/C14H24N2S/c1-11-4-7-14(17-11)10-15-8-9-16(3)12(2)13-5-6-13/h4,7,12-13,15H,5-6,8-10H2,1-3H3. The molecule has 17 heavy (non-hydrogen) atoms. The van der Waals surface area contributed by atoms with Crippen LogP contribution in [0.4, 0.5) is 0 Å². The van der Waals surface area contributed by atoms with E-state index in [-0.39, 0.29) is 0 Å². The lowest BCUT2D eigenvalue weighted by molar-refractivity contribution is 0.234. The van der Waals surface area contributed by atoms with E-state index in [1.807, 2.05) is 11.3 Å². The van der Waals surface area contributed by atoms with Gasteiger partial charge in [0, 0.05) is 35.4 Å². The molecule has 1 saturated carbocycles. The number of likely N-dealkylation sites (N-methyl/N-ethyl adjacent to an activating group) is 1. The molecule has 1 aliphatic rings. The van der Waals surface area contributed by atoms with Crippen molar-refractivity contribution >= 4 is 11.3 Å². The molecule has 0 saturated heterocycles. The lowest BCUT2D eigenvalue weighted by Crippen LogP contribution is -2.36. The molecule has 1 aromatic heterocycles. The van der Waals surface area contributed by atoms with E-state index in [4.69, 9.17) is 0 Å². The molecule has 0 aliphatic heterocycles. The fourth-order valence-electron chi connectivity index (χ4n) is 2.19. The third-order valence-corrected chi connectivity index (χ3v) is 4.74. The van der Waals surface area contributed by atoms with E-state index >= 15 is 0 Å². The van der Waals surface area contributed by atoms with Crippen LogP contribution in [0.25, 0.3) is 0 Å². The van der Waals surface area contributed by atoms with Crippen molar-refractivity contribution in [3.05, 3.63) is 21.9 Å². The Hall–Kier alpha value is -0.380. The van der Waals surface area contributed by atoms with Crippen LogP contribution in [0, 0.1) is 12.8 Å². The van der Waals surface area contributed by atoms with Gasteiger partial charge in [-0.25, -0.2) is 0 Å². The van der Waals surface area contributed by atoms with Crippen LogP contribution in [0.1, 0.15) is 29.5 Å². The van der Waals surface area contributed by atoms with Gasteiger partial charge in [0.1, 0.15) is 0 Å². The molecule has 0 amide bonds. The number of hydrogen-bond donors (Lipinski definition) is 1. The number of hydrogen-bond acceptors (Lipinski definition) is 3. The van der Waals surface area contributed by atoms with Crippen molar-refractivity contribution in [3.63, 3.8) is 0 Å². The highest BCUT2D eigenvalue weighted by Gasteiger charge is 2.29. The molecule has 2 nitrogen and oxygen atoms in total. The van der Waals surface area contributed by atoms with Gasteiger partial charge in [-0.05, 0) is 51.8 Å². The van der Waals surface area contributed by atoms with Gasteiger partial charge in [0.15, 0.2) is 0 Å². The molecule has 1 fully saturated rings. The van der Waals surface area contributed by atoms with Crippen LogP contribution in [-0.2, 0) is 6.54 Å². The molecule has 0 aromatic carbocycles. The fraction of sp³-hybridized carbons (Fsp3) is 0.714. The van der Waals surface area contributed by atoms with Crippen molar-refractivity contribution in [2.75, 3.05) is 20.1 Å². The zero-order valence-electron chi connectivity index (χ0n) is 11.2. The molecule has 96 valence electrons. The Morgan fingerprint density at radius 3 is 2.82 bits per heavy atom. The molecule has 3 heteroatoms. The third-order valence-electron chi connectivity index (χ3n) is 3.74. The van der Waals surface area contributed by atoms with Crippen molar-refractivity contribution in [2.45, 2.75) is 39.3 Å². The molecule has 0 spiro atoms. The smallest absolute Gasteiger partial charge is 0.0300 e. The van der Waals surface area contributed by atoms with E-state index < -0.39 is 0 Å². The zero-order valence-corrected chi connectivity index (χ0v) is 12.0. The first kappa shape index (κ1) is 13.1. The van der Waals surface area contributed by atoms with Gasteiger partial charge in [0.2, 0.25) is 0 Å². The summed E-state index contributed by atoms with van der Waals surface area (Å²) in [4.78, 5) is 5.34. The number of aryl methyl sites for hydroxylation is 1. The Labute approximate surface area is 109 Å². The van der Waals surface area contributed by atoms with E-state index in [0.29, 0.717) is 0 Å². The molecule has 1 N–H and O–H groups in total. The normalized spacial score (nSPS) is 17.6. The SMILES string of the molecule is Cc1ccc(CNCCN(C)C(C)C2CC2)s1. The summed E-state index contributed by atoms with van der Waals surface area (Å²) in [6.45, 7) is 7.79. The van der Waals surface area contributed by atoms with E-state index in [9.17, 15) is 0 Å². The second kappa shape index (κ2) is 5.98. The molecule has 1 atom stereocenters. The van der Waals surface area contributed by atoms with E-state index in [1.165, 1.54) is 22.6 Å². The number of thiophene rings is 1. The minimum Gasteiger partial charge on any atom is -0.311 e. The van der Waals surface area contributed by atoms with Crippen LogP contribution in [0.15, 0.2) is 12.1 Å². The average Bonchev–Trinajstić information content (AvgIpc) is 3.07. The van der Waals surface area contributed by atoms with Gasteiger partial charge >= 0.3 is 0 Å². The minimum atomic E-state index is 0.765. The van der Waals surface area contributed by atoms with Gasteiger partial charge in [-0.2, -0.15) is 0 Å². The topological polar surface area (TPSA) is 15.3 Å². The molecule has 0 radical (unpaired) electrons. The summed E-state index contributed by atoms with van der Waals surface area (Å²) in [5.74, 6) is 0.972. The molecule has 1 unspecified atom stereocenters. The summed E-state index contributed by atoms with van der Waals surface area (Å²) in [6.07, 6.45) is 2.88. The number of nitrogens with one attached hydrogen (secondary N) is 1. The first-order valence-electron chi connectivity index (χ1n) is 6.63. The molecule has 1 heterocycles.